The van der Waals surface area contributed by atoms with E-state index in [1.54, 1.807) is 4.68 Å². The van der Waals surface area contributed by atoms with Gasteiger partial charge in [0.25, 0.3) is 0 Å². The van der Waals surface area contributed by atoms with Crippen LogP contribution in [-0.2, 0) is 7.05 Å². The molecule has 0 saturated heterocycles. The van der Waals surface area contributed by atoms with Crippen molar-refractivity contribution in [2.45, 2.75) is 18.4 Å². The zero-order chi connectivity index (χ0) is 8.60. The fourth-order valence-electron chi connectivity index (χ4n) is 1.11. The molecule has 1 fully saturated rings. The highest BCUT2D eigenvalue weighted by Crippen LogP contribution is 2.31. The van der Waals surface area contributed by atoms with Crippen LogP contribution < -0.4 is 11.1 Å². The van der Waals surface area contributed by atoms with Gasteiger partial charge >= 0.3 is 0 Å². The van der Waals surface area contributed by atoms with Crippen molar-refractivity contribution in [1.82, 2.24) is 9.78 Å². The molecule has 0 spiro atoms. The Morgan fingerprint density at radius 3 is 3.00 bits per heavy atom. The van der Waals surface area contributed by atoms with Crippen molar-refractivity contribution >= 4 is 5.82 Å². The monoisotopic (exact) mass is 166 g/mol. The van der Waals surface area contributed by atoms with E-state index in [-0.39, 0.29) is 5.54 Å². The Hall–Kier alpha value is -1.03. The largest absolute Gasteiger partial charge is 0.367 e. The summed E-state index contributed by atoms with van der Waals surface area (Å²) in [6.07, 6.45) is 4.18. The molecule has 1 aliphatic carbocycles. The highest BCUT2D eigenvalue weighted by atomic mass is 15.3. The third kappa shape index (κ3) is 1.58. The van der Waals surface area contributed by atoms with E-state index in [4.69, 9.17) is 5.73 Å². The lowest BCUT2D eigenvalue weighted by molar-refractivity contribution is 0.705. The smallest absolute Gasteiger partial charge is 0.148 e. The molecule has 4 heteroatoms. The normalized spacial score (nSPS) is 19.2. The molecule has 4 nitrogen and oxygen atoms in total. The zero-order valence-corrected chi connectivity index (χ0v) is 7.25. The van der Waals surface area contributed by atoms with Crippen molar-refractivity contribution in [3.05, 3.63) is 12.3 Å². The number of nitrogens with zero attached hydrogens (tertiary/aromatic N) is 2. The molecule has 0 atom stereocenters. The first-order valence-electron chi connectivity index (χ1n) is 4.20. The quantitative estimate of drug-likeness (QED) is 0.680. The Kier molecular flexibility index (Phi) is 1.58. The SMILES string of the molecule is Cn1ccc(NCC2(N)CC2)n1. The third-order valence-corrected chi connectivity index (χ3v) is 2.23. The van der Waals surface area contributed by atoms with Crippen LogP contribution in [0, 0.1) is 0 Å². The van der Waals surface area contributed by atoms with E-state index in [9.17, 15) is 0 Å². The Labute approximate surface area is 71.7 Å². The summed E-state index contributed by atoms with van der Waals surface area (Å²) in [4.78, 5) is 0. The van der Waals surface area contributed by atoms with Gasteiger partial charge in [0.15, 0.2) is 0 Å². The second-order valence-electron chi connectivity index (χ2n) is 3.59. The van der Waals surface area contributed by atoms with Crippen LogP contribution in [0.5, 0.6) is 0 Å². The van der Waals surface area contributed by atoms with Crippen LogP contribution in [0.4, 0.5) is 5.82 Å². The number of aryl methyl sites for hydroxylation is 1. The van der Waals surface area contributed by atoms with E-state index in [0.717, 1.165) is 25.2 Å². The molecule has 0 bridgehead atoms. The summed E-state index contributed by atoms with van der Waals surface area (Å²) < 4.78 is 1.78. The number of rotatable bonds is 3. The third-order valence-electron chi connectivity index (χ3n) is 2.23. The average molecular weight is 166 g/mol. The highest BCUT2D eigenvalue weighted by Gasteiger charge is 2.37. The van der Waals surface area contributed by atoms with Crippen LogP contribution in [0.25, 0.3) is 0 Å². The summed E-state index contributed by atoms with van der Waals surface area (Å²) in [5.74, 6) is 0.911. The van der Waals surface area contributed by atoms with E-state index in [1.807, 2.05) is 19.3 Å². The molecular formula is C8H14N4. The van der Waals surface area contributed by atoms with E-state index in [0.29, 0.717) is 0 Å². The van der Waals surface area contributed by atoms with Gasteiger partial charge in [-0.2, -0.15) is 5.10 Å². The van der Waals surface area contributed by atoms with E-state index in [2.05, 4.69) is 10.4 Å². The Morgan fingerprint density at radius 2 is 2.50 bits per heavy atom. The number of aromatic nitrogens is 2. The summed E-state index contributed by atoms with van der Waals surface area (Å²) in [6, 6.07) is 1.95. The van der Waals surface area contributed by atoms with Crippen molar-refractivity contribution in [2.24, 2.45) is 12.8 Å². The van der Waals surface area contributed by atoms with E-state index >= 15 is 0 Å². The van der Waals surface area contributed by atoms with Gasteiger partial charge in [-0.25, -0.2) is 0 Å². The predicted octanol–water partition coefficient (Wildman–Crippen LogP) is 0.323. The van der Waals surface area contributed by atoms with E-state index in [1.165, 1.54) is 0 Å². The first-order valence-corrected chi connectivity index (χ1v) is 4.20. The van der Waals surface area contributed by atoms with Crippen LogP contribution in [-0.4, -0.2) is 21.9 Å². The minimum absolute atomic E-state index is 0.0531. The molecular weight excluding hydrogens is 152 g/mol. The van der Waals surface area contributed by atoms with E-state index < -0.39 is 0 Å². The van der Waals surface area contributed by atoms with Crippen molar-refractivity contribution < 1.29 is 0 Å². The minimum Gasteiger partial charge on any atom is -0.367 e. The topological polar surface area (TPSA) is 55.9 Å². The molecule has 2 rings (SSSR count). The number of anilines is 1. The molecule has 1 aromatic rings. The summed E-state index contributed by atoms with van der Waals surface area (Å²) in [7, 11) is 1.90. The standard InChI is InChI=1S/C8H14N4/c1-12-5-2-7(11-12)10-6-8(9)3-4-8/h2,5H,3-4,6,9H2,1H3,(H,10,11). The molecule has 0 unspecified atom stereocenters. The van der Waals surface area contributed by atoms with Crippen molar-refractivity contribution in [1.29, 1.82) is 0 Å². The van der Waals surface area contributed by atoms with Gasteiger partial charge in [0, 0.05) is 31.4 Å². The van der Waals surface area contributed by atoms with Crippen molar-refractivity contribution in [3.63, 3.8) is 0 Å². The summed E-state index contributed by atoms with van der Waals surface area (Å²) in [6.45, 7) is 0.837. The van der Waals surface area contributed by atoms with Gasteiger partial charge in [0.2, 0.25) is 0 Å². The molecule has 0 radical (unpaired) electrons. The lowest BCUT2D eigenvalue weighted by atomic mass is 10.3. The molecule has 1 aliphatic rings. The van der Waals surface area contributed by atoms with Crippen molar-refractivity contribution in [3.8, 4) is 0 Å². The molecule has 0 amide bonds. The van der Waals surface area contributed by atoms with Gasteiger partial charge in [-0.1, -0.05) is 0 Å². The Morgan fingerprint density at radius 1 is 1.75 bits per heavy atom. The Bertz CT molecular complexity index is 274. The second kappa shape index (κ2) is 2.48. The Balaban J connectivity index is 1.87. The molecule has 3 N–H and O–H groups in total. The fourth-order valence-corrected chi connectivity index (χ4v) is 1.11. The highest BCUT2D eigenvalue weighted by molar-refractivity contribution is 5.33. The maximum Gasteiger partial charge on any atom is 0.148 e. The molecule has 0 aliphatic heterocycles. The zero-order valence-electron chi connectivity index (χ0n) is 7.25. The maximum atomic E-state index is 5.90. The van der Waals surface area contributed by atoms with Crippen LogP contribution >= 0.6 is 0 Å². The molecule has 0 aromatic carbocycles. The molecule has 1 saturated carbocycles. The molecule has 1 aromatic heterocycles. The lowest BCUT2D eigenvalue weighted by Crippen LogP contribution is -2.31. The van der Waals surface area contributed by atoms with Crippen LogP contribution in [0.15, 0.2) is 12.3 Å². The van der Waals surface area contributed by atoms with Gasteiger partial charge < -0.3 is 11.1 Å². The predicted molar refractivity (Wildman–Crippen MR) is 47.9 cm³/mol. The number of nitrogens with one attached hydrogen (secondary N) is 1. The first kappa shape index (κ1) is 7.61. The average Bonchev–Trinajstić information content (AvgIpc) is 2.60. The van der Waals surface area contributed by atoms with Crippen LogP contribution in [0.2, 0.25) is 0 Å². The van der Waals surface area contributed by atoms with Gasteiger partial charge in [0.1, 0.15) is 5.82 Å². The minimum atomic E-state index is 0.0531. The summed E-state index contributed by atoms with van der Waals surface area (Å²) in [5.41, 5.74) is 5.96. The maximum absolute atomic E-state index is 5.90. The second-order valence-corrected chi connectivity index (χ2v) is 3.59. The van der Waals surface area contributed by atoms with Gasteiger partial charge in [0.05, 0.1) is 0 Å². The fraction of sp³-hybridized carbons (Fsp3) is 0.625. The number of hydrogen-bond donors (Lipinski definition) is 2. The van der Waals surface area contributed by atoms with Crippen LogP contribution in [0.3, 0.4) is 0 Å². The molecule has 66 valence electrons. The number of hydrogen-bond acceptors (Lipinski definition) is 3. The summed E-state index contributed by atoms with van der Waals surface area (Å²) in [5, 5.41) is 7.40. The lowest BCUT2D eigenvalue weighted by Gasteiger charge is -2.08. The molecule has 12 heavy (non-hydrogen) atoms. The van der Waals surface area contributed by atoms with Crippen LogP contribution in [0.1, 0.15) is 12.8 Å². The van der Waals surface area contributed by atoms with Crippen molar-refractivity contribution in [2.75, 3.05) is 11.9 Å². The first-order chi connectivity index (χ1) is 5.68. The van der Waals surface area contributed by atoms with Gasteiger partial charge in [-0.15, -0.1) is 0 Å². The molecule has 1 heterocycles. The van der Waals surface area contributed by atoms with Gasteiger partial charge in [-0.05, 0) is 12.8 Å². The number of nitrogens with two attached hydrogens (primary N) is 1. The van der Waals surface area contributed by atoms with Gasteiger partial charge in [-0.3, -0.25) is 4.68 Å². The summed E-state index contributed by atoms with van der Waals surface area (Å²) >= 11 is 0.